The van der Waals surface area contributed by atoms with Crippen LogP contribution in [0.25, 0.3) is 0 Å². The van der Waals surface area contributed by atoms with Crippen molar-refractivity contribution in [1.82, 2.24) is 9.80 Å². The van der Waals surface area contributed by atoms with Crippen LogP contribution in [0.4, 0.5) is 0 Å². The lowest BCUT2D eigenvalue weighted by Crippen LogP contribution is -2.23. The summed E-state index contributed by atoms with van der Waals surface area (Å²) in [5.74, 6) is 1.02. The van der Waals surface area contributed by atoms with E-state index in [1.54, 1.807) is 0 Å². The Morgan fingerprint density at radius 1 is 1.00 bits per heavy atom. The van der Waals surface area contributed by atoms with Crippen molar-refractivity contribution < 1.29 is 0 Å². The van der Waals surface area contributed by atoms with Gasteiger partial charge in [0.25, 0.3) is 0 Å². The first kappa shape index (κ1) is 7.34. The standard InChI is InChI=1S/C6H14N2/c1-6(7(2)3)8(4)5/h1H2,2-5H3. The molecule has 0 rings (SSSR count). The van der Waals surface area contributed by atoms with Gasteiger partial charge < -0.3 is 9.80 Å². The number of hydrogen-bond acceptors (Lipinski definition) is 2. The Labute approximate surface area is 51.4 Å². The van der Waals surface area contributed by atoms with Crippen molar-refractivity contribution in [2.75, 3.05) is 28.2 Å². The lowest BCUT2D eigenvalue weighted by Gasteiger charge is -2.22. The molecule has 0 unspecified atom stereocenters. The van der Waals surface area contributed by atoms with E-state index in [-0.39, 0.29) is 0 Å². The molecule has 0 aromatic carbocycles. The van der Waals surface area contributed by atoms with Crippen LogP contribution in [0.15, 0.2) is 12.4 Å². The fourth-order valence-electron chi connectivity index (χ4n) is 0.400. The molecular weight excluding hydrogens is 100 g/mol. The first-order valence-electron chi connectivity index (χ1n) is 2.59. The summed E-state index contributed by atoms with van der Waals surface area (Å²) in [6.07, 6.45) is 0. The van der Waals surface area contributed by atoms with E-state index in [1.807, 2.05) is 38.0 Å². The van der Waals surface area contributed by atoms with E-state index in [1.165, 1.54) is 0 Å². The molecule has 0 amide bonds. The highest BCUT2D eigenvalue weighted by atomic mass is 15.3. The molecule has 0 aromatic rings. The zero-order valence-electron chi connectivity index (χ0n) is 6.10. The third kappa shape index (κ3) is 1.87. The van der Waals surface area contributed by atoms with Crippen LogP contribution in [0.1, 0.15) is 0 Å². The van der Waals surface area contributed by atoms with Crippen LogP contribution in [-0.4, -0.2) is 38.0 Å². The van der Waals surface area contributed by atoms with E-state index in [2.05, 4.69) is 6.58 Å². The van der Waals surface area contributed by atoms with Gasteiger partial charge in [0.05, 0.1) is 5.82 Å². The maximum absolute atomic E-state index is 3.81. The van der Waals surface area contributed by atoms with Crippen LogP contribution < -0.4 is 0 Å². The molecule has 0 spiro atoms. The highest BCUT2D eigenvalue weighted by molar-refractivity contribution is 4.86. The van der Waals surface area contributed by atoms with Crippen LogP contribution in [0.5, 0.6) is 0 Å². The SMILES string of the molecule is C=C(N(C)C)N(C)C. The molecule has 0 aliphatic heterocycles. The summed E-state index contributed by atoms with van der Waals surface area (Å²) in [6, 6.07) is 0. The summed E-state index contributed by atoms with van der Waals surface area (Å²) in [7, 11) is 7.90. The second-order valence-corrected chi connectivity index (χ2v) is 2.21. The van der Waals surface area contributed by atoms with Crippen LogP contribution >= 0.6 is 0 Å². The molecule has 0 saturated carbocycles. The van der Waals surface area contributed by atoms with Gasteiger partial charge in [0.15, 0.2) is 0 Å². The highest BCUT2D eigenvalue weighted by Gasteiger charge is 1.94. The molecule has 8 heavy (non-hydrogen) atoms. The molecule has 0 heterocycles. The van der Waals surface area contributed by atoms with Gasteiger partial charge in [0.1, 0.15) is 0 Å². The Morgan fingerprint density at radius 2 is 1.25 bits per heavy atom. The highest BCUT2D eigenvalue weighted by Crippen LogP contribution is 1.94. The molecule has 0 fully saturated rings. The number of rotatable bonds is 2. The quantitative estimate of drug-likeness (QED) is 0.518. The molecule has 0 saturated heterocycles. The molecule has 0 N–H and O–H groups in total. The smallest absolute Gasteiger partial charge is 0.0954 e. The monoisotopic (exact) mass is 114 g/mol. The normalized spacial score (nSPS) is 8.50. The van der Waals surface area contributed by atoms with Crippen molar-refractivity contribution in [3.8, 4) is 0 Å². The minimum absolute atomic E-state index is 1.02. The van der Waals surface area contributed by atoms with Crippen LogP contribution in [-0.2, 0) is 0 Å². The van der Waals surface area contributed by atoms with E-state index in [4.69, 9.17) is 0 Å². The summed E-state index contributed by atoms with van der Waals surface area (Å²) >= 11 is 0. The first-order chi connectivity index (χ1) is 3.55. The summed E-state index contributed by atoms with van der Waals surface area (Å²) < 4.78 is 0. The van der Waals surface area contributed by atoms with Crippen LogP contribution in [0, 0.1) is 0 Å². The van der Waals surface area contributed by atoms with E-state index in [0.717, 1.165) is 5.82 Å². The Hall–Kier alpha value is -0.660. The summed E-state index contributed by atoms with van der Waals surface area (Å²) in [5.41, 5.74) is 0. The average Bonchev–Trinajstić information content (AvgIpc) is 1.64. The maximum atomic E-state index is 3.81. The van der Waals surface area contributed by atoms with Gasteiger partial charge in [-0.1, -0.05) is 6.58 Å². The molecule has 0 atom stereocenters. The Morgan fingerprint density at radius 3 is 1.25 bits per heavy atom. The predicted molar refractivity (Wildman–Crippen MR) is 36.5 cm³/mol. The third-order valence-electron chi connectivity index (χ3n) is 1.03. The van der Waals surface area contributed by atoms with Crippen molar-refractivity contribution >= 4 is 0 Å². The maximum Gasteiger partial charge on any atom is 0.0954 e. The van der Waals surface area contributed by atoms with E-state index in [9.17, 15) is 0 Å². The molecule has 0 aromatic heterocycles. The van der Waals surface area contributed by atoms with Gasteiger partial charge >= 0.3 is 0 Å². The van der Waals surface area contributed by atoms with E-state index in [0.29, 0.717) is 0 Å². The summed E-state index contributed by atoms with van der Waals surface area (Å²) in [5, 5.41) is 0. The average molecular weight is 114 g/mol. The predicted octanol–water partition coefficient (Wildman–Crippen LogP) is 0.581. The zero-order chi connectivity index (χ0) is 6.73. The lowest BCUT2D eigenvalue weighted by atomic mass is 10.6. The number of hydrogen-bond donors (Lipinski definition) is 0. The first-order valence-corrected chi connectivity index (χ1v) is 2.59. The molecular formula is C6H14N2. The van der Waals surface area contributed by atoms with Crippen molar-refractivity contribution in [3.05, 3.63) is 12.4 Å². The largest absolute Gasteiger partial charge is 0.365 e. The fraction of sp³-hybridized carbons (Fsp3) is 0.667. The minimum Gasteiger partial charge on any atom is -0.365 e. The van der Waals surface area contributed by atoms with Gasteiger partial charge in [0, 0.05) is 28.2 Å². The topological polar surface area (TPSA) is 6.48 Å². The summed E-state index contributed by atoms with van der Waals surface area (Å²) in [6.45, 7) is 3.81. The van der Waals surface area contributed by atoms with Gasteiger partial charge in [-0.25, -0.2) is 0 Å². The molecule has 0 aliphatic rings. The molecule has 0 aliphatic carbocycles. The van der Waals surface area contributed by atoms with Gasteiger partial charge in [0.2, 0.25) is 0 Å². The minimum atomic E-state index is 1.02. The van der Waals surface area contributed by atoms with Gasteiger partial charge in [-0.3, -0.25) is 0 Å². The Balaban J connectivity index is 3.65. The van der Waals surface area contributed by atoms with Gasteiger partial charge in [-0.05, 0) is 0 Å². The Kier molecular flexibility index (Phi) is 2.38. The molecule has 0 bridgehead atoms. The molecule has 2 heteroatoms. The van der Waals surface area contributed by atoms with Crippen LogP contribution in [0.3, 0.4) is 0 Å². The second-order valence-electron chi connectivity index (χ2n) is 2.21. The van der Waals surface area contributed by atoms with Crippen molar-refractivity contribution in [2.45, 2.75) is 0 Å². The zero-order valence-corrected chi connectivity index (χ0v) is 6.10. The van der Waals surface area contributed by atoms with E-state index >= 15 is 0 Å². The number of nitrogens with zero attached hydrogens (tertiary/aromatic N) is 2. The molecule has 0 radical (unpaired) electrons. The third-order valence-corrected chi connectivity index (χ3v) is 1.03. The van der Waals surface area contributed by atoms with E-state index < -0.39 is 0 Å². The van der Waals surface area contributed by atoms with Gasteiger partial charge in [-0.2, -0.15) is 0 Å². The second kappa shape index (κ2) is 2.60. The van der Waals surface area contributed by atoms with Gasteiger partial charge in [-0.15, -0.1) is 0 Å². The van der Waals surface area contributed by atoms with Crippen molar-refractivity contribution in [3.63, 3.8) is 0 Å². The fourth-order valence-corrected chi connectivity index (χ4v) is 0.400. The van der Waals surface area contributed by atoms with Crippen molar-refractivity contribution in [2.24, 2.45) is 0 Å². The molecule has 48 valence electrons. The van der Waals surface area contributed by atoms with Crippen LogP contribution in [0.2, 0.25) is 0 Å². The van der Waals surface area contributed by atoms with Crippen molar-refractivity contribution in [1.29, 1.82) is 0 Å². The Bertz CT molecular complexity index is 74.5. The molecule has 2 nitrogen and oxygen atoms in total. The summed E-state index contributed by atoms with van der Waals surface area (Å²) in [4.78, 5) is 3.94. The lowest BCUT2D eigenvalue weighted by molar-refractivity contribution is 0.345.